The Morgan fingerprint density at radius 1 is 0.333 bits per heavy atom. The zero-order valence-electron chi connectivity index (χ0n) is 52.6. The van der Waals surface area contributed by atoms with Crippen LogP contribution in [0.4, 0.5) is 0 Å². The molecule has 0 aliphatic carbocycles. The molecule has 0 saturated carbocycles. The molecule has 0 fully saturated rings. The molecule has 0 amide bonds. The molecule has 19 nitrogen and oxygen atoms in total. The number of hydrogen-bond acceptors (Lipinski definition) is 19. The molecule has 0 aliphatic heterocycles. The Hall–Kier alpha value is -7.29. The second-order valence-electron chi connectivity index (χ2n) is 19.1. The third-order valence-electron chi connectivity index (χ3n) is 12.7. The van der Waals surface area contributed by atoms with Gasteiger partial charge in [0.05, 0.1) is 50.2 Å². The molecule has 0 spiro atoms. The van der Waals surface area contributed by atoms with E-state index in [1.807, 2.05) is 0 Å². The van der Waals surface area contributed by atoms with Crippen molar-refractivity contribution >= 4 is 59.2 Å². The molecule has 0 radical (unpaired) electrons. The van der Waals surface area contributed by atoms with Crippen molar-refractivity contribution in [3.8, 4) is 74.7 Å². The van der Waals surface area contributed by atoms with Crippen LogP contribution >= 0.6 is 23.2 Å². The average Bonchev–Trinajstić information content (AvgIpc) is 0.868. The zero-order valence-corrected chi connectivity index (χ0v) is 61.8. The summed E-state index contributed by atoms with van der Waals surface area (Å²) in [5, 5.41) is 46.0. The van der Waals surface area contributed by atoms with Crippen LogP contribution in [0.1, 0.15) is 6.99 Å². The molecule has 11 aromatic rings. The van der Waals surface area contributed by atoms with Gasteiger partial charge in [0.25, 0.3) is 6.47 Å². The number of halogens is 2. The predicted molar refractivity (Wildman–Crippen MR) is 350 cm³/mol. The second kappa shape index (κ2) is 39.2. The van der Waals surface area contributed by atoms with Crippen molar-refractivity contribution in [2.75, 3.05) is 14.2 Å². The number of methoxy groups -OCH3 is 2. The van der Waals surface area contributed by atoms with Gasteiger partial charge in [0.2, 0.25) is 29.5 Å². The molecule has 0 atom stereocenters. The van der Waals surface area contributed by atoms with Gasteiger partial charge in [-0.15, -0.1) is 0 Å². The van der Waals surface area contributed by atoms with E-state index in [1.165, 1.54) is 97.1 Å². The maximum Gasteiger partial charge on any atom is 1.00 e. The van der Waals surface area contributed by atoms with E-state index in [1.54, 1.807) is 184 Å². The molecule has 0 unspecified atom stereocenters. The Balaban J connectivity index is 0.000000287. The molecule has 4 N–H and O–H groups in total. The predicted octanol–water partition coefficient (Wildman–Crippen LogP) is 8.90. The summed E-state index contributed by atoms with van der Waals surface area (Å²) >= 11 is 11.4. The Morgan fingerprint density at radius 3 is 0.698 bits per heavy atom. The van der Waals surface area contributed by atoms with Gasteiger partial charge in [-0.1, -0.05) is 35.3 Å². The van der Waals surface area contributed by atoms with Gasteiger partial charge in [0, 0.05) is 10.0 Å². The molecular weight excluding hydrogens is 1390 g/mol. The largest absolute Gasteiger partial charge is 1.00 e. The first-order chi connectivity index (χ1) is 45.1. The molecule has 0 aromatic heterocycles. The number of sulfone groups is 3. The molecule has 11 aromatic carbocycles. The van der Waals surface area contributed by atoms with Gasteiger partial charge in [0.1, 0.15) is 74.7 Å². The zero-order chi connectivity index (χ0) is 67.7. The van der Waals surface area contributed by atoms with Gasteiger partial charge in [-0.25, -0.2) is 25.3 Å². The van der Waals surface area contributed by atoms with Crippen LogP contribution in [0.5, 0.6) is 74.7 Å². The number of aliphatic hydroxyl groups excluding tert-OH is 1. The number of phenolic OH excluding ortho intramolecular Hbond substituents is 3. The fourth-order valence-electron chi connectivity index (χ4n) is 7.84. The summed E-state index contributed by atoms with van der Waals surface area (Å²) in [4.78, 5) is 12.3. The van der Waals surface area contributed by atoms with E-state index >= 15 is 0 Å². The number of carbonyl (C=O) groups is 1. The van der Waals surface area contributed by atoms with E-state index in [0.717, 1.165) is 17.1 Å². The normalized spacial score (nSPS) is 10.5. The van der Waals surface area contributed by atoms with E-state index in [-0.39, 0.29) is 164 Å². The molecule has 0 saturated heterocycles. The third kappa shape index (κ3) is 24.4. The fourth-order valence-corrected chi connectivity index (χ4v) is 11.9. The first kappa shape index (κ1) is 79.4. The molecule has 0 aliphatic rings. The topological polar surface area (TPSA) is 288 Å². The number of benzene rings is 11. The maximum absolute atomic E-state index is 13.0. The van der Waals surface area contributed by atoms with Gasteiger partial charge in [-0.2, -0.15) is 0 Å². The van der Waals surface area contributed by atoms with Crippen LogP contribution in [0.2, 0.25) is 10.0 Å². The van der Waals surface area contributed by atoms with Crippen LogP contribution in [-0.2, 0) is 45.8 Å². The van der Waals surface area contributed by atoms with Crippen molar-refractivity contribution in [2.24, 2.45) is 0 Å². The van der Waals surface area contributed by atoms with E-state index in [4.69, 9.17) is 71.9 Å². The summed E-state index contributed by atoms with van der Waals surface area (Å²) in [6.07, 6.45) is 0. The smallest absolute Gasteiger partial charge is 1.00 e. The molecule has 96 heavy (non-hydrogen) atoms. The van der Waals surface area contributed by atoms with Crippen molar-refractivity contribution < 1.29 is 193 Å². The van der Waals surface area contributed by atoms with Gasteiger partial charge in [-0.05, 0) is 260 Å². The summed E-state index contributed by atoms with van der Waals surface area (Å²) in [5.74, 6) is 6.25. The van der Waals surface area contributed by atoms with Crippen LogP contribution in [0, 0.1) is 0 Å². The number of hydrogen-bond donors (Lipinski definition) is 4. The van der Waals surface area contributed by atoms with Crippen molar-refractivity contribution in [1.29, 1.82) is 0 Å². The summed E-state index contributed by atoms with van der Waals surface area (Å²) in [7, 11) is -7.71. The summed E-state index contributed by atoms with van der Waals surface area (Å²) in [6, 6.07) is 69.9. The quantitative estimate of drug-likeness (QED) is 0.0270. The minimum Gasteiger partial charge on any atom is -1.00 e. The Morgan fingerprint density at radius 2 is 0.500 bits per heavy atom. The molecule has 0 heterocycles. The van der Waals surface area contributed by atoms with Crippen molar-refractivity contribution in [2.45, 2.75) is 36.0 Å². The van der Waals surface area contributed by atoms with Crippen LogP contribution in [0.25, 0.3) is 0 Å². The van der Waals surface area contributed by atoms with Crippen LogP contribution < -0.4 is 136 Å². The van der Waals surface area contributed by atoms with Crippen molar-refractivity contribution in [3.05, 3.63) is 283 Å². The van der Waals surface area contributed by atoms with Crippen molar-refractivity contribution in [3.63, 3.8) is 0 Å². The third-order valence-corrected chi connectivity index (χ3v) is 18.5. The average molecular weight is 1450 g/mol. The monoisotopic (exact) mass is 1450 g/mol. The van der Waals surface area contributed by atoms with Gasteiger partial charge >= 0.3 is 103 Å². The second-order valence-corrected chi connectivity index (χ2v) is 25.8. The number of phenols is 3. The number of rotatable bonds is 18. The standard InChI is InChI=1S/C26H22O6S.C24H18O6S.C12H8Cl2O2S.C7H8O2.CH2O3.2K.H/c1-30-20-6-8-22(9-7-20)32-24-12-16-26(17-13-24)33(28,29)25-14-10-23(11-15-25)31-21-4-2-19(18-27)3-5-21;25-17-1-5-19(6-2-17)29-21-9-13-23(14-10-21)31(27,28)24-15-11-22(12-16-24)30-20-7-3-18(26)4-8-20;13-9-1-5-11(6-2-9)17(15,16)12-7-3-10(14)4-8-12;1-9-7-4-2-6(8)3-5-7;2-1-4-3;;;/h2-17,27H,18H2,1H3;1-16,25-26H;1-8H;2-5,8H,1H3;1,3H;;;/q;;;;;2*+1;-1/p-1. The van der Waals surface area contributed by atoms with E-state index in [9.17, 15) is 35.5 Å². The number of carbonyl (C=O) groups excluding carboxylic acids is 1. The molecule has 486 valence electrons. The van der Waals surface area contributed by atoms with E-state index < -0.39 is 29.5 Å². The Kier molecular flexibility index (Phi) is 32.4. The summed E-state index contributed by atoms with van der Waals surface area (Å²) < 4.78 is 109. The van der Waals surface area contributed by atoms with E-state index in [2.05, 4.69) is 4.89 Å². The fraction of sp³-hybridized carbons (Fsp3) is 0.0429. The maximum atomic E-state index is 13.0. The first-order valence-electron chi connectivity index (χ1n) is 27.5. The van der Waals surface area contributed by atoms with Gasteiger partial charge < -0.3 is 60.4 Å². The first-order valence-corrected chi connectivity index (χ1v) is 32.7. The Bertz CT molecular complexity index is 4270. The molecule has 0 bridgehead atoms. The van der Waals surface area contributed by atoms with Crippen LogP contribution in [0.15, 0.2) is 296 Å². The molecular formula is C70H58Cl2K2O19S3. The summed E-state index contributed by atoms with van der Waals surface area (Å²) in [5.41, 5.74) is 0.782. The van der Waals surface area contributed by atoms with Crippen LogP contribution in [0.3, 0.4) is 0 Å². The Labute approximate surface area is 651 Å². The number of ether oxygens (including phenoxy) is 6. The molecule has 26 heteroatoms. The SMILES string of the molecule is COc1ccc(O)cc1.COc1ccc(Oc2ccc(S(=O)(=O)c3ccc(Oc4ccc(CO)cc4)cc3)cc2)cc1.O=CO[O-].O=S(=O)(c1ccc(Cl)cc1)c1ccc(Cl)cc1.O=S(=O)(c1ccc(Oc2ccc(O)cc2)cc1)c1ccc(Oc2ccc(O)cc2)cc1.[H-].[K+].[K+]. The molecule has 11 rings (SSSR count). The number of aliphatic hydroxyl groups is 1. The number of aromatic hydroxyl groups is 3. The minimum absolute atomic E-state index is 0. The van der Waals surface area contributed by atoms with Crippen molar-refractivity contribution in [1.82, 2.24) is 0 Å². The summed E-state index contributed by atoms with van der Waals surface area (Å²) in [6.45, 7) is -0.221. The van der Waals surface area contributed by atoms with Gasteiger partial charge in [-0.3, -0.25) is 4.79 Å². The van der Waals surface area contributed by atoms with E-state index in [0.29, 0.717) is 56.0 Å². The van der Waals surface area contributed by atoms with Crippen LogP contribution in [-0.4, -0.2) is 66.4 Å². The minimum atomic E-state index is -3.71. The van der Waals surface area contributed by atoms with Gasteiger partial charge in [0.15, 0.2) is 0 Å².